The largest absolute Gasteiger partial charge is 0.310 e. The zero-order valence-corrected chi connectivity index (χ0v) is 21.4. The predicted octanol–water partition coefficient (Wildman–Crippen LogP) is 10.1. The van der Waals surface area contributed by atoms with Gasteiger partial charge in [0.2, 0.25) is 0 Å². The summed E-state index contributed by atoms with van der Waals surface area (Å²) in [6, 6.07) is 45.1. The van der Waals surface area contributed by atoms with Crippen molar-refractivity contribution in [1.29, 1.82) is 0 Å². The molecule has 0 saturated heterocycles. The van der Waals surface area contributed by atoms with Gasteiger partial charge >= 0.3 is 0 Å². The van der Waals surface area contributed by atoms with Crippen molar-refractivity contribution in [1.82, 2.24) is 0 Å². The molecular weight excluding hydrogens is 446 g/mol. The van der Waals surface area contributed by atoms with E-state index in [1.807, 2.05) is 6.07 Å². The summed E-state index contributed by atoms with van der Waals surface area (Å²) in [6.07, 6.45) is 8.69. The van der Waals surface area contributed by atoms with Gasteiger partial charge in [-0.3, -0.25) is 0 Å². The van der Waals surface area contributed by atoms with Crippen LogP contribution in [-0.2, 0) is 0 Å². The molecule has 5 aromatic rings. The van der Waals surface area contributed by atoms with Crippen LogP contribution in [0.25, 0.3) is 24.3 Å². The van der Waals surface area contributed by atoms with Gasteiger partial charge in [0.15, 0.2) is 0 Å². The Morgan fingerprint density at radius 1 is 0.405 bits per heavy atom. The van der Waals surface area contributed by atoms with Crippen LogP contribution in [0.4, 0.5) is 17.1 Å². The molecule has 37 heavy (non-hydrogen) atoms. The minimum absolute atomic E-state index is 1.14. The molecule has 0 aliphatic rings. The molecule has 0 atom stereocenters. The zero-order valence-electron chi connectivity index (χ0n) is 21.4. The van der Waals surface area contributed by atoms with Crippen molar-refractivity contribution in [3.05, 3.63) is 161 Å². The topological polar surface area (TPSA) is 3.24 Å². The van der Waals surface area contributed by atoms with Crippen LogP contribution in [-0.4, -0.2) is 0 Å². The van der Waals surface area contributed by atoms with Gasteiger partial charge < -0.3 is 4.90 Å². The quantitative estimate of drug-likeness (QED) is 0.211. The van der Waals surface area contributed by atoms with Gasteiger partial charge in [0.05, 0.1) is 5.69 Å². The lowest BCUT2D eigenvalue weighted by molar-refractivity contribution is 1.26. The number of anilines is 3. The molecule has 0 radical (unpaired) electrons. The summed E-state index contributed by atoms with van der Waals surface area (Å²) in [4.78, 5) is 2.33. The van der Waals surface area contributed by atoms with Crippen molar-refractivity contribution in [2.24, 2.45) is 0 Å². The molecule has 5 aromatic carbocycles. The average molecular weight is 478 g/mol. The fourth-order valence-electron chi connectivity index (χ4n) is 4.31. The molecule has 0 spiro atoms. The van der Waals surface area contributed by atoms with Gasteiger partial charge in [-0.2, -0.15) is 0 Å². The molecule has 0 heterocycles. The molecule has 1 heteroatoms. The Bertz CT molecular complexity index is 1450. The zero-order chi connectivity index (χ0) is 25.5. The van der Waals surface area contributed by atoms with Gasteiger partial charge in [-0.15, -0.1) is 0 Å². The Morgan fingerprint density at radius 3 is 1.38 bits per heavy atom. The van der Waals surface area contributed by atoms with Crippen LogP contribution in [0.1, 0.15) is 33.4 Å². The van der Waals surface area contributed by atoms with Crippen LogP contribution in [0.2, 0.25) is 0 Å². The molecule has 0 amide bonds. The smallest absolute Gasteiger partial charge is 0.0533 e. The summed E-state index contributed by atoms with van der Waals surface area (Å²) in [5.41, 5.74) is 10.7. The van der Waals surface area contributed by atoms with E-state index in [4.69, 9.17) is 0 Å². The second kappa shape index (κ2) is 11.4. The molecule has 0 unspecified atom stereocenters. The lowest BCUT2D eigenvalue weighted by atomic mass is 10.1. The highest BCUT2D eigenvalue weighted by Crippen LogP contribution is 2.37. The molecule has 0 aliphatic carbocycles. The minimum atomic E-state index is 1.14. The number of aryl methyl sites for hydroxylation is 2. The van der Waals surface area contributed by atoms with E-state index in [2.05, 4.69) is 164 Å². The fraction of sp³-hybridized carbons (Fsp3) is 0.0556. The maximum Gasteiger partial charge on any atom is 0.0533 e. The van der Waals surface area contributed by atoms with E-state index in [0.29, 0.717) is 0 Å². The molecule has 0 fully saturated rings. The molecule has 0 aliphatic heterocycles. The Labute approximate surface area is 220 Å². The first-order valence-corrected chi connectivity index (χ1v) is 12.7. The van der Waals surface area contributed by atoms with E-state index < -0.39 is 0 Å². The minimum Gasteiger partial charge on any atom is -0.310 e. The van der Waals surface area contributed by atoms with E-state index in [1.165, 1.54) is 27.8 Å². The highest BCUT2D eigenvalue weighted by molar-refractivity contribution is 5.85. The van der Waals surface area contributed by atoms with Gasteiger partial charge in [-0.25, -0.2) is 0 Å². The summed E-state index contributed by atoms with van der Waals surface area (Å²) in [6.45, 7) is 4.25. The van der Waals surface area contributed by atoms with E-state index in [1.54, 1.807) is 0 Å². The van der Waals surface area contributed by atoms with Gasteiger partial charge in [-0.05, 0) is 66.4 Å². The third-order valence-corrected chi connectivity index (χ3v) is 6.42. The van der Waals surface area contributed by atoms with Crippen LogP contribution < -0.4 is 4.90 Å². The number of hydrogen-bond donors (Lipinski definition) is 0. The number of hydrogen-bond acceptors (Lipinski definition) is 1. The standard InChI is InChI=1S/C36H31N/c1-28-12-24-34(25-13-28)37(35-26-14-29(2)15-27-35)36-11-7-6-10-33(36)23-22-32-20-18-31(19-21-32)17-16-30-8-4-3-5-9-30/h3-27H,1-2H3/b17-16+,23-22-. The van der Waals surface area contributed by atoms with E-state index in [0.717, 1.165) is 22.6 Å². The van der Waals surface area contributed by atoms with E-state index >= 15 is 0 Å². The molecule has 5 rings (SSSR count). The SMILES string of the molecule is Cc1ccc(N(c2ccc(C)cc2)c2ccccc2/C=C\c2ccc(/C=C/c3ccccc3)cc2)cc1. The van der Waals surface area contributed by atoms with Crippen molar-refractivity contribution in [3.8, 4) is 0 Å². The lowest BCUT2D eigenvalue weighted by Gasteiger charge is -2.27. The average Bonchev–Trinajstić information content (AvgIpc) is 2.95. The van der Waals surface area contributed by atoms with Crippen molar-refractivity contribution >= 4 is 41.4 Å². The molecule has 0 N–H and O–H groups in total. The Kier molecular flexibility index (Phi) is 7.43. The summed E-state index contributed by atoms with van der Waals surface area (Å²) >= 11 is 0. The predicted molar refractivity (Wildman–Crippen MR) is 161 cm³/mol. The molecule has 1 nitrogen and oxygen atoms in total. The Hall–Kier alpha value is -4.62. The maximum absolute atomic E-state index is 2.33. The fourth-order valence-corrected chi connectivity index (χ4v) is 4.31. The number of nitrogens with zero attached hydrogens (tertiary/aromatic N) is 1. The summed E-state index contributed by atoms with van der Waals surface area (Å²) in [5.74, 6) is 0. The lowest BCUT2D eigenvalue weighted by Crippen LogP contribution is -2.11. The third kappa shape index (κ3) is 6.15. The van der Waals surface area contributed by atoms with Crippen LogP contribution in [0.3, 0.4) is 0 Å². The highest BCUT2D eigenvalue weighted by atomic mass is 15.1. The maximum atomic E-state index is 2.33. The van der Waals surface area contributed by atoms with Gasteiger partial charge in [0, 0.05) is 11.4 Å². The third-order valence-electron chi connectivity index (χ3n) is 6.42. The molecular formula is C36H31N. The summed E-state index contributed by atoms with van der Waals surface area (Å²) in [7, 11) is 0. The van der Waals surface area contributed by atoms with Gasteiger partial charge in [0.25, 0.3) is 0 Å². The first kappa shape index (κ1) is 24.1. The van der Waals surface area contributed by atoms with Crippen LogP contribution >= 0.6 is 0 Å². The number of rotatable bonds is 7. The van der Waals surface area contributed by atoms with Gasteiger partial charge in [0.1, 0.15) is 0 Å². The Morgan fingerprint density at radius 2 is 0.838 bits per heavy atom. The van der Waals surface area contributed by atoms with Gasteiger partial charge in [-0.1, -0.05) is 132 Å². The number of benzene rings is 5. The van der Waals surface area contributed by atoms with Crippen molar-refractivity contribution in [2.45, 2.75) is 13.8 Å². The van der Waals surface area contributed by atoms with Crippen LogP contribution in [0.5, 0.6) is 0 Å². The number of para-hydroxylation sites is 1. The Balaban J connectivity index is 1.44. The van der Waals surface area contributed by atoms with Crippen LogP contribution in [0, 0.1) is 13.8 Å². The van der Waals surface area contributed by atoms with E-state index in [9.17, 15) is 0 Å². The highest BCUT2D eigenvalue weighted by Gasteiger charge is 2.14. The monoisotopic (exact) mass is 477 g/mol. The van der Waals surface area contributed by atoms with Crippen molar-refractivity contribution < 1.29 is 0 Å². The molecule has 0 aromatic heterocycles. The molecule has 0 saturated carbocycles. The van der Waals surface area contributed by atoms with E-state index in [-0.39, 0.29) is 0 Å². The molecule has 180 valence electrons. The first-order valence-electron chi connectivity index (χ1n) is 12.7. The second-order valence-electron chi connectivity index (χ2n) is 9.31. The summed E-state index contributed by atoms with van der Waals surface area (Å²) < 4.78 is 0. The second-order valence-corrected chi connectivity index (χ2v) is 9.31. The normalized spacial score (nSPS) is 11.3. The van der Waals surface area contributed by atoms with Crippen molar-refractivity contribution in [2.75, 3.05) is 4.90 Å². The summed E-state index contributed by atoms with van der Waals surface area (Å²) in [5, 5.41) is 0. The van der Waals surface area contributed by atoms with Crippen molar-refractivity contribution in [3.63, 3.8) is 0 Å². The molecule has 0 bridgehead atoms. The van der Waals surface area contributed by atoms with Crippen LogP contribution in [0.15, 0.2) is 127 Å². The first-order chi connectivity index (χ1) is 18.2.